The van der Waals surface area contributed by atoms with Crippen LogP contribution < -0.4 is 0 Å². The van der Waals surface area contributed by atoms with E-state index < -0.39 is 0 Å². The Labute approximate surface area is 88.9 Å². The van der Waals surface area contributed by atoms with Crippen LogP contribution in [0.4, 0.5) is 0 Å². The largest absolute Gasteiger partial charge is 3.00 e. The molecule has 1 rings (SSSR count). The van der Waals surface area contributed by atoms with Crippen molar-refractivity contribution in [2.24, 2.45) is 0 Å². The van der Waals surface area contributed by atoms with Crippen molar-refractivity contribution >= 4 is 20.4 Å². The maximum Gasteiger partial charge on any atom is 3.00 e. The SMILES string of the molecule is [CH-]=O.[CH-]=O.[CH-]=O.[Cr+3].c1ccccc1. The second-order valence-corrected chi connectivity index (χ2v) is 1.15. The zero-order valence-electron chi connectivity index (χ0n) is 6.83. The second-order valence-electron chi connectivity index (χ2n) is 1.15. The fraction of sp³-hybridized carbons (Fsp3) is 0. The van der Waals surface area contributed by atoms with Gasteiger partial charge >= 0.3 is 17.4 Å². The molecule has 1 radical (unpaired) electrons. The molecule has 0 aromatic heterocycles. The molecule has 0 heterocycles. The van der Waals surface area contributed by atoms with Crippen molar-refractivity contribution in [1.82, 2.24) is 0 Å². The summed E-state index contributed by atoms with van der Waals surface area (Å²) in [5.74, 6) is 0. The average molecular weight is 217 g/mol. The van der Waals surface area contributed by atoms with Gasteiger partial charge in [0.15, 0.2) is 0 Å². The molecular formula is C9H9CrO3. The molecular weight excluding hydrogens is 208 g/mol. The van der Waals surface area contributed by atoms with Gasteiger partial charge < -0.3 is 14.4 Å². The van der Waals surface area contributed by atoms with E-state index in [-0.39, 0.29) is 17.4 Å². The van der Waals surface area contributed by atoms with Gasteiger partial charge in [0.05, 0.1) is 0 Å². The third-order valence-electron chi connectivity index (χ3n) is 0.667. The smallest absolute Gasteiger partial charge is 0.545 e. The van der Waals surface area contributed by atoms with Crippen LogP contribution in [0.15, 0.2) is 36.4 Å². The van der Waals surface area contributed by atoms with Gasteiger partial charge in [0.2, 0.25) is 0 Å². The summed E-state index contributed by atoms with van der Waals surface area (Å²) in [6, 6.07) is 12.0. The van der Waals surface area contributed by atoms with E-state index >= 15 is 0 Å². The molecule has 3 nitrogen and oxygen atoms in total. The van der Waals surface area contributed by atoms with E-state index in [0.717, 1.165) is 0 Å². The topological polar surface area (TPSA) is 51.2 Å². The summed E-state index contributed by atoms with van der Waals surface area (Å²) in [5, 5.41) is 0. The number of carbonyl (C=O) groups excluding carboxylic acids is 3. The van der Waals surface area contributed by atoms with Gasteiger partial charge in [-0.05, 0) is 0 Å². The Morgan fingerprint density at radius 3 is 0.615 bits per heavy atom. The molecule has 0 unspecified atom stereocenters. The minimum absolute atomic E-state index is 0. The summed E-state index contributed by atoms with van der Waals surface area (Å²) >= 11 is 0. The number of benzene rings is 1. The monoisotopic (exact) mass is 217 g/mol. The molecule has 0 bridgehead atoms. The predicted molar refractivity (Wildman–Crippen MR) is 46.7 cm³/mol. The van der Waals surface area contributed by atoms with E-state index in [4.69, 9.17) is 14.4 Å². The average Bonchev–Trinajstić information content (AvgIpc) is 2.29. The molecule has 0 fully saturated rings. The summed E-state index contributed by atoms with van der Waals surface area (Å²) in [6.07, 6.45) is 0. The van der Waals surface area contributed by atoms with Crippen LogP contribution in [0.3, 0.4) is 0 Å². The van der Waals surface area contributed by atoms with Crippen LogP contribution in [0.2, 0.25) is 0 Å². The number of rotatable bonds is 0. The Morgan fingerprint density at radius 1 is 0.462 bits per heavy atom. The summed E-state index contributed by atoms with van der Waals surface area (Å²) in [5.41, 5.74) is 0. The Balaban J connectivity index is -0.0000000508. The van der Waals surface area contributed by atoms with Crippen molar-refractivity contribution in [3.8, 4) is 0 Å². The zero-order chi connectivity index (χ0) is 10.2. The summed E-state index contributed by atoms with van der Waals surface area (Å²) in [4.78, 5) is 23.2. The standard InChI is InChI=1S/C6H6.3CHO.Cr/c1-2-4-6-5-3-1;3*1-2;/h1-6H;3*1H;/q;3*-1;+3. The Bertz CT molecular complexity index is 115. The molecule has 0 aliphatic rings. The molecule has 1 aromatic rings. The van der Waals surface area contributed by atoms with Crippen LogP contribution in [0, 0.1) is 0 Å². The van der Waals surface area contributed by atoms with Gasteiger partial charge in [0, 0.05) is 0 Å². The molecule has 13 heavy (non-hydrogen) atoms. The summed E-state index contributed by atoms with van der Waals surface area (Å²) < 4.78 is 0. The molecule has 69 valence electrons. The van der Waals surface area contributed by atoms with Crippen molar-refractivity contribution in [2.45, 2.75) is 0 Å². The van der Waals surface area contributed by atoms with Gasteiger partial charge in [0.1, 0.15) is 0 Å². The first-order chi connectivity index (χ1) is 6.00. The minimum Gasteiger partial charge on any atom is -0.545 e. The quantitative estimate of drug-likeness (QED) is 0.478. The third-order valence-corrected chi connectivity index (χ3v) is 0.667. The van der Waals surface area contributed by atoms with E-state index in [2.05, 4.69) is 20.4 Å². The predicted octanol–water partition coefficient (Wildman–Crippen LogP) is 0.862. The normalized spacial score (nSPS) is 4.62. The first kappa shape index (κ1) is 22.6. The van der Waals surface area contributed by atoms with E-state index in [1.54, 1.807) is 0 Å². The minimum atomic E-state index is 0. The zero-order valence-corrected chi connectivity index (χ0v) is 8.10. The Hall–Kier alpha value is -1.24. The second kappa shape index (κ2) is 45.2. The van der Waals surface area contributed by atoms with Gasteiger partial charge in [-0.15, -0.1) is 0 Å². The first-order valence-corrected chi connectivity index (χ1v) is 2.71. The molecule has 0 atom stereocenters. The third kappa shape index (κ3) is 36.4. The van der Waals surface area contributed by atoms with Gasteiger partial charge in [-0.3, -0.25) is 20.4 Å². The molecule has 0 saturated carbocycles. The maximum absolute atomic E-state index is 7.75. The summed E-state index contributed by atoms with van der Waals surface area (Å²) in [6.45, 7) is 9.75. The Kier molecular flexibility index (Phi) is 78.7. The van der Waals surface area contributed by atoms with E-state index in [9.17, 15) is 0 Å². The summed E-state index contributed by atoms with van der Waals surface area (Å²) in [7, 11) is 0. The van der Waals surface area contributed by atoms with E-state index in [0.29, 0.717) is 0 Å². The van der Waals surface area contributed by atoms with Crippen LogP contribution in [0.25, 0.3) is 0 Å². The maximum atomic E-state index is 7.75. The van der Waals surface area contributed by atoms with Gasteiger partial charge in [-0.1, -0.05) is 36.4 Å². The van der Waals surface area contributed by atoms with Crippen LogP contribution in [0.1, 0.15) is 0 Å². The number of hydrogen-bond acceptors (Lipinski definition) is 3. The van der Waals surface area contributed by atoms with Crippen LogP contribution in [0.5, 0.6) is 0 Å². The molecule has 4 heteroatoms. The van der Waals surface area contributed by atoms with Crippen molar-refractivity contribution in [1.29, 1.82) is 0 Å². The fourth-order valence-electron chi connectivity index (χ4n) is 0.385. The fourth-order valence-corrected chi connectivity index (χ4v) is 0.385. The molecule has 0 aliphatic carbocycles. The molecule has 0 N–H and O–H groups in total. The molecule has 1 aromatic carbocycles. The first-order valence-electron chi connectivity index (χ1n) is 2.71. The van der Waals surface area contributed by atoms with Gasteiger partial charge in [-0.2, -0.15) is 0 Å². The van der Waals surface area contributed by atoms with E-state index in [1.165, 1.54) is 0 Å². The van der Waals surface area contributed by atoms with Crippen LogP contribution >= 0.6 is 0 Å². The van der Waals surface area contributed by atoms with E-state index in [1.807, 2.05) is 36.4 Å². The molecule has 0 saturated heterocycles. The van der Waals surface area contributed by atoms with Crippen molar-refractivity contribution < 1.29 is 31.7 Å². The van der Waals surface area contributed by atoms with Crippen LogP contribution in [-0.4, -0.2) is 20.4 Å². The molecule has 0 aliphatic heterocycles. The molecule has 0 spiro atoms. The van der Waals surface area contributed by atoms with Gasteiger partial charge in [-0.25, -0.2) is 0 Å². The Morgan fingerprint density at radius 2 is 0.538 bits per heavy atom. The van der Waals surface area contributed by atoms with Crippen molar-refractivity contribution in [3.63, 3.8) is 0 Å². The number of hydrogen-bond donors (Lipinski definition) is 0. The van der Waals surface area contributed by atoms with Crippen LogP contribution in [-0.2, 0) is 31.7 Å². The van der Waals surface area contributed by atoms with Gasteiger partial charge in [0.25, 0.3) is 0 Å². The van der Waals surface area contributed by atoms with Crippen molar-refractivity contribution in [2.75, 3.05) is 0 Å². The molecule has 0 amide bonds. The van der Waals surface area contributed by atoms with Crippen molar-refractivity contribution in [3.05, 3.63) is 36.4 Å².